The molecule has 0 saturated carbocycles. The lowest BCUT2D eigenvalue weighted by Crippen LogP contribution is -2.50. The van der Waals surface area contributed by atoms with Crippen LogP contribution in [0.4, 0.5) is 0 Å². The van der Waals surface area contributed by atoms with Gasteiger partial charge in [0.25, 0.3) is 0 Å². The molecule has 1 saturated heterocycles. The molecule has 106 valence electrons. The summed E-state index contributed by atoms with van der Waals surface area (Å²) in [5.74, 6) is 0.163. The lowest BCUT2D eigenvalue weighted by atomic mass is 10.0. The molecule has 2 heterocycles. The molecule has 21 heavy (non-hydrogen) atoms. The fourth-order valence-corrected chi connectivity index (χ4v) is 2.39. The van der Waals surface area contributed by atoms with E-state index in [9.17, 15) is 4.79 Å². The molecule has 6 nitrogen and oxygen atoms in total. The first-order chi connectivity index (χ1) is 10.3. The molecule has 2 aromatic rings. The predicted octanol–water partition coefficient (Wildman–Crippen LogP) is 1.17. The molecule has 6 heteroatoms. The van der Waals surface area contributed by atoms with Crippen LogP contribution in [0.5, 0.6) is 0 Å². The molecular weight excluding hydrogens is 266 g/mol. The largest absolute Gasteiger partial charge is 0.338 e. The topological polar surface area (TPSA) is 74.8 Å². The summed E-state index contributed by atoms with van der Waals surface area (Å²) >= 11 is 0. The van der Waals surface area contributed by atoms with Crippen molar-refractivity contribution >= 4 is 5.91 Å². The van der Waals surface area contributed by atoms with Crippen LogP contribution < -0.4 is 0 Å². The average molecular weight is 281 g/mol. The van der Waals surface area contributed by atoms with E-state index >= 15 is 0 Å². The lowest BCUT2D eigenvalue weighted by Gasteiger charge is -2.38. The summed E-state index contributed by atoms with van der Waals surface area (Å²) in [6.07, 6.45) is 4.67. The number of rotatable bonds is 4. The summed E-state index contributed by atoms with van der Waals surface area (Å²) in [6, 6.07) is 9.71. The quantitative estimate of drug-likeness (QED) is 0.843. The molecule has 1 amide bonds. The highest BCUT2D eigenvalue weighted by atomic mass is 16.2. The molecule has 0 unspecified atom stereocenters. The number of carbonyl (C=O) groups is 1. The minimum absolute atomic E-state index is 0.163. The van der Waals surface area contributed by atoms with Crippen LogP contribution in [-0.2, 0) is 11.2 Å². The van der Waals surface area contributed by atoms with Crippen LogP contribution in [0.3, 0.4) is 0 Å². The summed E-state index contributed by atoms with van der Waals surface area (Å²) in [6.45, 7) is 1.41. The molecule has 0 radical (unpaired) electrons. The third-order valence-corrected chi connectivity index (χ3v) is 3.74. The molecule has 0 atom stereocenters. The number of benzene rings is 1. The molecule has 0 spiro atoms. The Kier molecular flexibility index (Phi) is 3.65. The van der Waals surface area contributed by atoms with Gasteiger partial charge in [-0.25, -0.2) is 4.68 Å². The summed E-state index contributed by atoms with van der Waals surface area (Å²) in [4.78, 5) is 13.9. The number of aryl methyl sites for hydroxylation is 1. The molecule has 1 aliphatic rings. The highest BCUT2D eigenvalue weighted by Crippen LogP contribution is 2.21. The van der Waals surface area contributed by atoms with Crippen LogP contribution in [0.1, 0.15) is 23.6 Å². The van der Waals surface area contributed by atoms with Crippen molar-refractivity contribution in [1.29, 1.82) is 5.26 Å². The van der Waals surface area contributed by atoms with E-state index in [1.54, 1.807) is 23.0 Å². The van der Waals surface area contributed by atoms with Gasteiger partial charge in [0.05, 0.1) is 23.9 Å². The molecule has 1 fully saturated rings. The first-order valence-corrected chi connectivity index (χ1v) is 6.89. The maximum absolute atomic E-state index is 12.1. The van der Waals surface area contributed by atoms with E-state index < -0.39 is 0 Å². The van der Waals surface area contributed by atoms with Crippen LogP contribution in [-0.4, -0.2) is 38.9 Å². The molecule has 1 aromatic heterocycles. The van der Waals surface area contributed by atoms with Crippen molar-refractivity contribution in [2.24, 2.45) is 0 Å². The Morgan fingerprint density at radius 1 is 1.33 bits per heavy atom. The van der Waals surface area contributed by atoms with Gasteiger partial charge in [0.2, 0.25) is 5.91 Å². The van der Waals surface area contributed by atoms with Crippen molar-refractivity contribution in [3.05, 3.63) is 47.8 Å². The third kappa shape index (κ3) is 2.92. The number of amides is 1. The van der Waals surface area contributed by atoms with Gasteiger partial charge in [-0.1, -0.05) is 17.3 Å². The van der Waals surface area contributed by atoms with Gasteiger partial charge in [0.15, 0.2) is 0 Å². The van der Waals surface area contributed by atoms with Crippen LogP contribution in [0.25, 0.3) is 0 Å². The molecule has 3 rings (SSSR count). The molecular formula is C15H15N5O. The highest BCUT2D eigenvalue weighted by Gasteiger charge is 2.31. The Labute approximate surface area is 122 Å². The number of carbonyl (C=O) groups excluding carboxylic acids is 1. The Balaban J connectivity index is 1.46. The fraction of sp³-hybridized carbons (Fsp3) is 0.333. The highest BCUT2D eigenvalue weighted by molar-refractivity contribution is 5.77. The van der Waals surface area contributed by atoms with E-state index in [0.29, 0.717) is 31.5 Å². The third-order valence-electron chi connectivity index (χ3n) is 3.74. The van der Waals surface area contributed by atoms with E-state index in [2.05, 4.69) is 16.4 Å². The zero-order valence-corrected chi connectivity index (χ0v) is 11.5. The van der Waals surface area contributed by atoms with E-state index in [0.717, 1.165) is 5.56 Å². The van der Waals surface area contributed by atoms with Crippen molar-refractivity contribution in [3.8, 4) is 6.07 Å². The van der Waals surface area contributed by atoms with Crippen LogP contribution in [0.2, 0.25) is 0 Å². The maximum Gasteiger partial charge on any atom is 0.223 e. The van der Waals surface area contributed by atoms with Gasteiger partial charge in [-0.2, -0.15) is 5.26 Å². The van der Waals surface area contributed by atoms with Crippen molar-refractivity contribution in [1.82, 2.24) is 19.9 Å². The number of nitrogens with zero attached hydrogens (tertiary/aromatic N) is 5. The smallest absolute Gasteiger partial charge is 0.223 e. The summed E-state index contributed by atoms with van der Waals surface area (Å²) in [5.41, 5.74) is 1.72. The predicted molar refractivity (Wildman–Crippen MR) is 75.1 cm³/mol. The van der Waals surface area contributed by atoms with Crippen LogP contribution in [0.15, 0.2) is 36.7 Å². The average Bonchev–Trinajstić information content (AvgIpc) is 2.98. The van der Waals surface area contributed by atoms with E-state index in [4.69, 9.17) is 5.26 Å². The number of nitriles is 1. The second-order valence-corrected chi connectivity index (χ2v) is 5.14. The van der Waals surface area contributed by atoms with Gasteiger partial charge < -0.3 is 4.90 Å². The minimum Gasteiger partial charge on any atom is -0.338 e. The molecule has 0 bridgehead atoms. The Bertz CT molecular complexity index is 650. The van der Waals surface area contributed by atoms with Crippen molar-refractivity contribution in [3.63, 3.8) is 0 Å². The Morgan fingerprint density at radius 2 is 2.10 bits per heavy atom. The van der Waals surface area contributed by atoms with Crippen molar-refractivity contribution in [2.45, 2.75) is 18.9 Å². The first-order valence-electron chi connectivity index (χ1n) is 6.89. The lowest BCUT2D eigenvalue weighted by molar-refractivity contribution is -0.137. The van der Waals surface area contributed by atoms with E-state index in [-0.39, 0.29) is 11.9 Å². The minimum atomic E-state index is 0.163. The zero-order valence-electron chi connectivity index (χ0n) is 11.5. The monoisotopic (exact) mass is 281 g/mol. The summed E-state index contributed by atoms with van der Waals surface area (Å²) < 4.78 is 1.80. The normalized spacial score (nSPS) is 14.5. The van der Waals surface area contributed by atoms with Gasteiger partial charge in [0.1, 0.15) is 0 Å². The Hall–Kier alpha value is -2.68. The molecule has 0 N–H and O–H groups in total. The fourth-order valence-electron chi connectivity index (χ4n) is 2.39. The number of aromatic nitrogens is 3. The van der Waals surface area contributed by atoms with Crippen molar-refractivity contribution in [2.75, 3.05) is 13.1 Å². The van der Waals surface area contributed by atoms with Gasteiger partial charge in [-0.05, 0) is 24.1 Å². The van der Waals surface area contributed by atoms with Gasteiger partial charge in [0, 0.05) is 25.7 Å². The number of hydrogen-bond acceptors (Lipinski definition) is 4. The van der Waals surface area contributed by atoms with Crippen LogP contribution >= 0.6 is 0 Å². The van der Waals surface area contributed by atoms with Gasteiger partial charge in [-0.3, -0.25) is 4.79 Å². The summed E-state index contributed by atoms with van der Waals surface area (Å²) in [5, 5.41) is 16.5. The molecule has 1 aliphatic heterocycles. The standard InChI is InChI=1S/C15H15N5O/c16-9-13-3-1-12(2-4-13)5-6-15(21)19-10-14(11-19)20-8-7-17-18-20/h1-4,7-8,14H,5-6,10-11H2. The van der Waals surface area contributed by atoms with Gasteiger partial charge >= 0.3 is 0 Å². The molecule has 0 aliphatic carbocycles. The van der Waals surface area contributed by atoms with Gasteiger partial charge in [-0.15, -0.1) is 5.10 Å². The number of likely N-dealkylation sites (tertiary alicyclic amines) is 1. The number of hydrogen-bond donors (Lipinski definition) is 0. The summed E-state index contributed by atoms with van der Waals surface area (Å²) in [7, 11) is 0. The van der Waals surface area contributed by atoms with Crippen LogP contribution in [0, 0.1) is 11.3 Å². The van der Waals surface area contributed by atoms with E-state index in [1.807, 2.05) is 23.2 Å². The van der Waals surface area contributed by atoms with Crippen molar-refractivity contribution < 1.29 is 4.79 Å². The first kappa shape index (κ1) is 13.3. The zero-order chi connectivity index (χ0) is 14.7. The molecule has 1 aromatic carbocycles. The van der Waals surface area contributed by atoms with E-state index in [1.165, 1.54) is 0 Å². The second kappa shape index (κ2) is 5.75. The maximum atomic E-state index is 12.1. The Morgan fingerprint density at radius 3 is 2.71 bits per heavy atom. The second-order valence-electron chi connectivity index (χ2n) is 5.14. The SMILES string of the molecule is N#Cc1ccc(CCC(=O)N2CC(n3ccnn3)C2)cc1.